The van der Waals surface area contributed by atoms with Gasteiger partial charge in [-0.3, -0.25) is 14.5 Å². The molecule has 1 amide bonds. The lowest BCUT2D eigenvalue weighted by Gasteiger charge is -2.32. The molecule has 1 aliphatic heterocycles. The number of rotatable bonds is 4. The summed E-state index contributed by atoms with van der Waals surface area (Å²) in [6.07, 6.45) is 4.98. The van der Waals surface area contributed by atoms with Crippen molar-refractivity contribution >= 4 is 29.2 Å². The number of hydrogen-bond acceptors (Lipinski definition) is 3. The summed E-state index contributed by atoms with van der Waals surface area (Å²) < 4.78 is 0. The van der Waals surface area contributed by atoms with Crippen molar-refractivity contribution in [3.8, 4) is 0 Å². The smallest absolute Gasteiger partial charge is 0.320 e. The van der Waals surface area contributed by atoms with Crippen molar-refractivity contribution in [1.29, 1.82) is 0 Å². The summed E-state index contributed by atoms with van der Waals surface area (Å²) in [7, 11) is 0. The van der Waals surface area contributed by atoms with Gasteiger partial charge in [0.25, 0.3) is 0 Å². The topological polar surface area (TPSA) is 69.6 Å². The SMILES string of the molecule is Cc1ccc(Cl)cc1NC(=O)CN1C(C(=O)O)CC2CCCCC21. The summed E-state index contributed by atoms with van der Waals surface area (Å²) in [5, 5.41) is 13.0. The standard InChI is InChI=1S/C18H23ClN2O3/c1-11-6-7-13(19)9-14(11)20-17(22)10-21-15-5-3-2-4-12(15)8-16(21)18(23)24/h6-7,9,12,15-16H,2-5,8,10H2,1H3,(H,20,22)(H,23,24). The first-order chi connectivity index (χ1) is 11.5. The number of amides is 1. The first-order valence-corrected chi connectivity index (χ1v) is 8.88. The van der Waals surface area contributed by atoms with Crippen LogP contribution in [-0.4, -0.2) is 40.5 Å². The van der Waals surface area contributed by atoms with Crippen molar-refractivity contribution < 1.29 is 14.7 Å². The zero-order valence-corrected chi connectivity index (χ0v) is 14.6. The number of nitrogens with zero attached hydrogens (tertiary/aromatic N) is 1. The molecule has 1 aromatic rings. The molecule has 2 N–H and O–H groups in total. The Balaban J connectivity index is 1.71. The Morgan fingerprint density at radius 3 is 2.83 bits per heavy atom. The molecule has 1 saturated carbocycles. The molecule has 0 spiro atoms. The van der Waals surface area contributed by atoms with E-state index in [9.17, 15) is 14.7 Å². The van der Waals surface area contributed by atoms with Crippen LogP contribution in [0.4, 0.5) is 5.69 Å². The molecule has 130 valence electrons. The molecule has 2 fully saturated rings. The highest BCUT2D eigenvalue weighted by molar-refractivity contribution is 6.31. The van der Waals surface area contributed by atoms with Crippen LogP contribution in [-0.2, 0) is 9.59 Å². The number of carbonyl (C=O) groups excluding carboxylic acids is 1. The largest absolute Gasteiger partial charge is 0.480 e. The molecular formula is C18H23ClN2O3. The van der Waals surface area contributed by atoms with E-state index in [1.165, 1.54) is 0 Å². The van der Waals surface area contributed by atoms with Crippen LogP contribution in [0.5, 0.6) is 0 Å². The Kier molecular flexibility index (Phi) is 5.11. The number of likely N-dealkylation sites (tertiary alicyclic amines) is 1. The van der Waals surface area contributed by atoms with Gasteiger partial charge in [-0.2, -0.15) is 0 Å². The Labute approximate surface area is 147 Å². The van der Waals surface area contributed by atoms with Gasteiger partial charge >= 0.3 is 5.97 Å². The fourth-order valence-corrected chi connectivity index (χ4v) is 4.28. The molecular weight excluding hydrogens is 328 g/mol. The van der Waals surface area contributed by atoms with Gasteiger partial charge in [0.15, 0.2) is 0 Å². The molecule has 1 heterocycles. The van der Waals surface area contributed by atoms with E-state index in [1.54, 1.807) is 12.1 Å². The average molecular weight is 351 g/mol. The van der Waals surface area contributed by atoms with Gasteiger partial charge in [-0.15, -0.1) is 0 Å². The predicted octanol–water partition coefficient (Wildman–Crippen LogP) is 3.30. The predicted molar refractivity (Wildman–Crippen MR) is 93.3 cm³/mol. The molecule has 1 aromatic carbocycles. The van der Waals surface area contributed by atoms with Gasteiger partial charge in [0.1, 0.15) is 6.04 Å². The number of halogens is 1. The summed E-state index contributed by atoms with van der Waals surface area (Å²) in [4.78, 5) is 26.0. The average Bonchev–Trinajstić information content (AvgIpc) is 2.90. The molecule has 0 radical (unpaired) electrons. The molecule has 24 heavy (non-hydrogen) atoms. The Bertz CT molecular complexity index is 649. The Hall–Kier alpha value is -1.59. The summed E-state index contributed by atoms with van der Waals surface area (Å²) in [6.45, 7) is 2.02. The summed E-state index contributed by atoms with van der Waals surface area (Å²) >= 11 is 5.99. The highest BCUT2D eigenvalue weighted by atomic mass is 35.5. The van der Waals surface area contributed by atoms with Crippen molar-refractivity contribution in [2.45, 2.75) is 51.1 Å². The second-order valence-electron chi connectivity index (χ2n) is 6.88. The monoisotopic (exact) mass is 350 g/mol. The van der Waals surface area contributed by atoms with E-state index in [4.69, 9.17) is 11.6 Å². The Morgan fingerprint density at radius 2 is 2.08 bits per heavy atom. The van der Waals surface area contributed by atoms with Gasteiger partial charge < -0.3 is 10.4 Å². The molecule has 1 saturated heterocycles. The van der Waals surface area contributed by atoms with Crippen LogP contribution in [0.2, 0.25) is 5.02 Å². The lowest BCUT2D eigenvalue weighted by atomic mass is 9.85. The molecule has 0 aromatic heterocycles. The van der Waals surface area contributed by atoms with E-state index in [0.717, 1.165) is 31.2 Å². The van der Waals surface area contributed by atoms with Crippen LogP contribution < -0.4 is 5.32 Å². The molecule has 3 atom stereocenters. The Morgan fingerprint density at radius 1 is 1.33 bits per heavy atom. The number of aryl methyl sites for hydroxylation is 1. The van der Waals surface area contributed by atoms with Crippen molar-refractivity contribution in [2.75, 3.05) is 11.9 Å². The number of carboxylic acid groups (broad SMARTS) is 1. The lowest BCUT2D eigenvalue weighted by molar-refractivity contribution is -0.143. The minimum atomic E-state index is -0.823. The van der Waals surface area contributed by atoms with Gasteiger partial charge in [-0.25, -0.2) is 0 Å². The third-order valence-electron chi connectivity index (χ3n) is 5.31. The van der Waals surface area contributed by atoms with E-state index in [1.807, 2.05) is 17.9 Å². The number of fused-ring (bicyclic) bond motifs is 1. The minimum Gasteiger partial charge on any atom is -0.480 e. The van der Waals surface area contributed by atoms with Gasteiger partial charge in [-0.1, -0.05) is 30.5 Å². The number of anilines is 1. The summed E-state index contributed by atoms with van der Waals surface area (Å²) in [5.41, 5.74) is 1.61. The third-order valence-corrected chi connectivity index (χ3v) is 5.54. The number of hydrogen-bond donors (Lipinski definition) is 2. The third kappa shape index (κ3) is 3.57. The maximum atomic E-state index is 12.5. The second kappa shape index (κ2) is 7.11. The van der Waals surface area contributed by atoms with Crippen LogP contribution in [0.3, 0.4) is 0 Å². The summed E-state index contributed by atoms with van der Waals surface area (Å²) in [6, 6.07) is 5.01. The highest BCUT2D eigenvalue weighted by Crippen LogP contribution is 2.39. The molecule has 1 aliphatic carbocycles. The van der Waals surface area contributed by atoms with E-state index >= 15 is 0 Å². The van der Waals surface area contributed by atoms with E-state index in [2.05, 4.69) is 5.32 Å². The number of carboxylic acids is 1. The minimum absolute atomic E-state index is 0.115. The molecule has 2 aliphatic rings. The van der Waals surface area contributed by atoms with Gasteiger partial charge in [-0.05, 0) is 49.8 Å². The van der Waals surface area contributed by atoms with Crippen LogP contribution >= 0.6 is 11.6 Å². The van der Waals surface area contributed by atoms with Crippen molar-refractivity contribution in [2.24, 2.45) is 5.92 Å². The van der Waals surface area contributed by atoms with E-state index < -0.39 is 12.0 Å². The van der Waals surface area contributed by atoms with Crippen LogP contribution in [0.15, 0.2) is 18.2 Å². The van der Waals surface area contributed by atoms with Gasteiger partial charge in [0.05, 0.1) is 6.54 Å². The molecule has 5 nitrogen and oxygen atoms in total. The molecule has 0 bridgehead atoms. The van der Waals surface area contributed by atoms with Crippen molar-refractivity contribution in [3.05, 3.63) is 28.8 Å². The highest BCUT2D eigenvalue weighted by Gasteiger charge is 2.45. The molecule has 3 rings (SSSR count). The second-order valence-corrected chi connectivity index (χ2v) is 7.32. The van der Waals surface area contributed by atoms with E-state index in [-0.39, 0.29) is 18.5 Å². The lowest BCUT2D eigenvalue weighted by Crippen LogP contribution is -2.46. The van der Waals surface area contributed by atoms with Crippen molar-refractivity contribution in [3.63, 3.8) is 0 Å². The molecule has 6 heteroatoms. The zero-order chi connectivity index (χ0) is 17.3. The number of nitrogens with one attached hydrogen (secondary N) is 1. The fourth-order valence-electron chi connectivity index (χ4n) is 4.11. The summed E-state index contributed by atoms with van der Waals surface area (Å²) in [5.74, 6) is -0.602. The zero-order valence-electron chi connectivity index (χ0n) is 13.8. The maximum Gasteiger partial charge on any atom is 0.320 e. The van der Waals surface area contributed by atoms with Crippen LogP contribution in [0.25, 0.3) is 0 Å². The normalized spacial score (nSPS) is 26.8. The number of benzene rings is 1. The van der Waals surface area contributed by atoms with Gasteiger partial charge in [0.2, 0.25) is 5.91 Å². The first kappa shape index (κ1) is 17.2. The van der Waals surface area contributed by atoms with Crippen LogP contribution in [0.1, 0.15) is 37.7 Å². The first-order valence-electron chi connectivity index (χ1n) is 8.50. The maximum absolute atomic E-state index is 12.5. The molecule has 3 unspecified atom stereocenters. The fraction of sp³-hybridized carbons (Fsp3) is 0.556. The van der Waals surface area contributed by atoms with Crippen molar-refractivity contribution in [1.82, 2.24) is 4.90 Å². The number of carbonyl (C=O) groups is 2. The van der Waals surface area contributed by atoms with Gasteiger partial charge in [0, 0.05) is 16.8 Å². The van der Waals surface area contributed by atoms with E-state index in [0.29, 0.717) is 23.0 Å². The quantitative estimate of drug-likeness (QED) is 0.874. The number of aliphatic carboxylic acids is 1. The van der Waals surface area contributed by atoms with Crippen LogP contribution in [0, 0.1) is 12.8 Å².